The minimum absolute atomic E-state index is 0.0373. The second kappa shape index (κ2) is 6.98. The molecule has 1 atom stereocenters. The van der Waals surface area contributed by atoms with Crippen molar-refractivity contribution < 1.29 is 9.59 Å². The average Bonchev–Trinajstić information content (AvgIpc) is 3.00. The summed E-state index contributed by atoms with van der Waals surface area (Å²) in [5.74, 6) is 0.821. The molecule has 7 heteroatoms. The zero-order chi connectivity index (χ0) is 18.0. The van der Waals surface area contributed by atoms with Gasteiger partial charge in [-0.05, 0) is 26.7 Å². The van der Waals surface area contributed by atoms with Crippen molar-refractivity contribution >= 4 is 11.7 Å². The predicted molar refractivity (Wildman–Crippen MR) is 90.6 cm³/mol. The number of aromatic nitrogens is 4. The number of hydrogen-bond donors (Lipinski definition) is 1. The largest absolute Gasteiger partial charge is 0.344 e. The number of nitrogens with zero attached hydrogens (tertiary/aromatic N) is 4. The first-order chi connectivity index (χ1) is 11.2. The summed E-state index contributed by atoms with van der Waals surface area (Å²) in [6.45, 7) is 9.25. The fourth-order valence-corrected chi connectivity index (χ4v) is 2.92. The molecule has 0 aliphatic rings. The molecular formula is C17H25N5O2. The summed E-state index contributed by atoms with van der Waals surface area (Å²) < 4.78 is 3.49. The van der Waals surface area contributed by atoms with Crippen LogP contribution in [0.15, 0.2) is 12.4 Å². The van der Waals surface area contributed by atoms with Crippen molar-refractivity contribution in [1.82, 2.24) is 24.6 Å². The molecule has 0 unspecified atom stereocenters. The standard InChI is InChI=1S/C17H25N5O2/c1-10(2)16(17-18-7-8-21(17)6)19-14(24)9-22-12(4)15(13(5)23)11(3)20-22/h7-8,10,16H,9H2,1-6H3,(H,19,24)/t16-/m0/s1. The summed E-state index contributed by atoms with van der Waals surface area (Å²) in [7, 11) is 1.91. The summed E-state index contributed by atoms with van der Waals surface area (Å²) in [5, 5.41) is 7.34. The van der Waals surface area contributed by atoms with E-state index in [-0.39, 0.29) is 30.2 Å². The van der Waals surface area contributed by atoms with Gasteiger partial charge in [0.15, 0.2) is 5.78 Å². The Kier molecular flexibility index (Phi) is 5.21. The lowest BCUT2D eigenvalue weighted by Crippen LogP contribution is -2.36. The van der Waals surface area contributed by atoms with Crippen molar-refractivity contribution in [2.75, 3.05) is 0 Å². The topological polar surface area (TPSA) is 81.8 Å². The molecule has 2 aromatic rings. The van der Waals surface area contributed by atoms with Crippen LogP contribution in [0.3, 0.4) is 0 Å². The molecule has 0 spiro atoms. The maximum absolute atomic E-state index is 12.5. The van der Waals surface area contributed by atoms with Crippen LogP contribution < -0.4 is 5.32 Å². The summed E-state index contributed by atoms with van der Waals surface area (Å²) in [4.78, 5) is 28.5. The highest BCUT2D eigenvalue weighted by atomic mass is 16.2. The fraction of sp³-hybridized carbons (Fsp3) is 0.529. The Hall–Kier alpha value is -2.44. The van der Waals surface area contributed by atoms with E-state index in [9.17, 15) is 9.59 Å². The summed E-state index contributed by atoms with van der Waals surface area (Å²) in [6, 6.07) is -0.179. The minimum atomic E-state index is -0.179. The lowest BCUT2D eigenvalue weighted by molar-refractivity contribution is -0.123. The Morgan fingerprint density at radius 1 is 1.29 bits per heavy atom. The van der Waals surface area contributed by atoms with Crippen LogP contribution in [0, 0.1) is 19.8 Å². The van der Waals surface area contributed by atoms with Crippen LogP contribution in [-0.2, 0) is 18.4 Å². The number of carbonyl (C=O) groups is 2. The van der Waals surface area contributed by atoms with Gasteiger partial charge in [-0.15, -0.1) is 0 Å². The molecule has 130 valence electrons. The van der Waals surface area contributed by atoms with Gasteiger partial charge >= 0.3 is 0 Å². The quantitative estimate of drug-likeness (QED) is 0.820. The van der Waals surface area contributed by atoms with E-state index in [2.05, 4.69) is 15.4 Å². The average molecular weight is 331 g/mol. The molecule has 0 fully saturated rings. The summed E-state index contributed by atoms with van der Waals surface area (Å²) in [6.07, 6.45) is 3.58. The van der Waals surface area contributed by atoms with Gasteiger partial charge in [0.25, 0.3) is 0 Å². The molecular weight excluding hydrogens is 306 g/mol. The second-order valence-corrected chi connectivity index (χ2v) is 6.45. The number of Topliss-reactive ketones (excluding diaryl/α,β-unsaturated/α-hetero) is 1. The van der Waals surface area contributed by atoms with Crippen LogP contribution in [0.25, 0.3) is 0 Å². The van der Waals surface area contributed by atoms with Gasteiger partial charge in [-0.1, -0.05) is 13.8 Å². The molecule has 0 saturated heterocycles. The monoisotopic (exact) mass is 331 g/mol. The van der Waals surface area contributed by atoms with E-state index in [0.29, 0.717) is 17.0 Å². The first-order valence-electron chi connectivity index (χ1n) is 8.03. The number of imidazole rings is 1. The van der Waals surface area contributed by atoms with Crippen molar-refractivity contribution in [3.8, 4) is 0 Å². The van der Waals surface area contributed by atoms with E-state index < -0.39 is 0 Å². The number of ketones is 1. The molecule has 0 aliphatic carbocycles. The maximum atomic E-state index is 12.5. The van der Waals surface area contributed by atoms with Crippen molar-refractivity contribution in [3.63, 3.8) is 0 Å². The summed E-state index contributed by atoms with van der Waals surface area (Å²) in [5.41, 5.74) is 1.96. The van der Waals surface area contributed by atoms with Crippen LogP contribution in [0.1, 0.15) is 54.4 Å². The second-order valence-electron chi connectivity index (χ2n) is 6.45. The minimum Gasteiger partial charge on any atom is -0.344 e. The molecule has 24 heavy (non-hydrogen) atoms. The Bertz CT molecular complexity index is 757. The third-order valence-electron chi connectivity index (χ3n) is 4.15. The molecule has 2 aromatic heterocycles. The van der Waals surface area contributed by atoms with Gasteiger partial charge in [0.2, 0.25) is 5.91 Å². The van der Waals surface area contributed by atoms with E-state index in [1.165, 1.54) is 6.92 Å². The van der Waals surface area contributed by atoms with E-state index in [0.717, 1.165) is 5.82 Å². The Morgan fingerprint density at radius 3 is 2.42 bits per heavy atom. The Morgan fingerprint density at radius 2 is 1.96 bits per heavy atom. The Balaban J connectivity index is 2.17. The molecule has 2 heterocycles. The van der Waals surface area contributed by atoms with Crippen molar-refractivity contribution in [2.45, 2.75) is 47.2 Å². The van der Waals surface area contributed by atoms with Gasteiger partial charge < -0.3 is 9.88 Å². The molecule has 0 radical (unpaired) electrons. The van der Waals surface area contributed by atoms with Crippen molar-refractivity contribution in [2.24, 2.45) is 13.0 Å². The highest BCUT2D eigenvalue weighted by Crippen LogP contribution is 2.20. The lowest BCUT2D eigenvalue weighted by Gasteiger charge is -2.22. The number of nitrogens with one attached hydrogen (secondary N) is 1. The van der Waals surface area contributed by atoms with Crippen molar-refractivity contribution in [1.29, 1.82) is 0 Å². The van der Waals surface area contributed by atoms with Crippen LogP contribution in [0.4, 0.5) is 0 Å². The van der Waals surface area contributed by atoms with E-state index in [4.69, 9.17) is 0 Å². The third-order valence-corrected chi connectivity index (χ3v) is 4.15. The smallest absolute Gasteiger partial charge is 0.242 e. The molecule has 0 bridgehead atoms. The van der Waals surface area contributed by atoms with Crippen molar-refractivity contribution in [3.05, 3.63) is 35.2 Å². The Labute approximate surface area is 142 Å². The van der Waals surface area contributed by atoms with Gasteiger partial charge in [-0.3, -0.25) is 14.3 Å². The molecule has 0 aliphatic heterocycles. The fourth-order valence-electron chi connectivity index (χ4n) is 2.92. The lowest BCUT2D eigenvalue weighted by atomic mass is 10.0. The zero-order valence-electron chi connectivity index (χ0n) is 15.1. The van der Waals surface area contributed by atoms with Gasteiger partial charge in [0.1, 0.15) is 12.4 Å². The normalized spacial score (nSPS) is 12.5. The van der Waals surface area contributed by atoms with E-state index in [1.54, 1.807) is 17.8 Å². The molecule has 1 amide bonds. The summed E-state index contributed by atoms with van der Waals surface area (Å²) >= 11 is 0. The molecule has 7 nitrogen and oxygen atoms in total. The number of hydrogen-bond acceptors (Lipinski definition) is 4. The van der Waals surface area contributed by atoms with E-state index in [1.807, 2.05) is 38.6 Å². The van der Waals surface area contributed by atoms with Crippen LogP contribution >= 0.6 is 0 Å². The maximum Gasteiger partial charge on any atom is 0.242 e. The molecule has 0 aromatic carbocycles. The van der Waals surface area contributed by atoms with Crippen LogP contribution in [-0.4, -0.2) is 31.0 Å². The van der Waals surface area contributed by atoms with Gasteiger partial charge in [0.05, 0.1) is 17.3 Å². The number of aryl methyl sites for hydroxylation is 2. The highest BCUT2D eigenvalue weighted by Gasteiger charge is 2.23. The van der Waals surface area contributed by atoms with Gasteiger partial charge in [-0.25, -0.2) is 4.98 Å². The first kappa shape index (κ1) is 17.9. The number of rotatable bonds is 6. The zero-order valence-corrected chi connectivity index (χ0v) is 15.1. The van der Waals surface area contributed by atoms with Crippen LogP contribution in [0.2, 0.25) is 0 Å². The van der Waals surface area contributed by atoms with E-state index >= 15 is 0 Å². The SMILES string of the molecule is CC(=O)c1c(C)nn(CC(=O)N[C@H](c2nccn2C)C(C)C)c1C. The van der Waals surface area contributed by atoms with Gasteiger partial charge in [-0.2, -0.15) is 5.10 Å². The van der Waals surface area contributed by atoms with Crippen LogP contribution in [0.5, 0.6) is 0 Å². The molecule has 0 saturated carbocycles. The predicted octanol–water partition coefficient (Wildman–Crippen LogP) is 1.95. The molecule has 1 N–H and O–H groups in total. The first-order valence-corrected chi connectivity index (χ1v) is 8.03. The third kappa shape index (κ3) is 3.55. The molecule has 2 rings (SSSR count). The number of amides is 1. The van der Waals surface area contributed by atoms with Gasteiger partial charge in [0, 0.05) is 25.1 Å². The number of carbonyl (C=O) groups excluding carboxylic acids is 2. The highest BCUT2D eigenvalue weighted by molar-refractivity contribution is 5.96.